The molecule has 0 saturated carbocycles. The number of nitrogens with two attached hydrogens (primary N) is 1. The normalized spacial score (nSPS) is 12.5. The fraction of sp³-hybridized carbons (Fsp3) is 0.538. The first-order chi connectivity index (χ1) is 7.04. The molecule has 1 unspecified atom stereocenters. The van der Waals surface area contributed by atoms with Crippen molar-refractivity contribution in [3.8, 4) is 0 Å². The number of aryl methyl sites for hydroxylation is 1. The zero-order valence-electron chi connectivity index (χ0n) is 10.2. The van der Waals surface area contributed by atoms with Gasteiger partial charge in [0.25, 0.3) is 0 Å². The maximum Gasteiger partial charge on any atom is 0.0414 e. The number of hydrogen-bond donors (Lipinski definition) is 1. The van der Waals surface area contributed by atoms with E-state index in [9.17, 15) is 0 Å². The van der Waals surface area contributed by atoms with Gasteiger partial charge in [-0.25, -0.2) is 0 Å². The predicted molar refractivity (Wildman–Crippen MR) is 68.3 cm³/mol. The molecule has 0 radical (unpaired) electrons. The number of benzene rings is 1. The van der Waals surface area contributed by atoms with Crippen LogP contribution in [-0.2, 0) is 0 Å². The van der Waals surface area contributed by atoms with E-state index in [2.05, 4.69) is 44.9 Å². The predicted octanol–water partition coefficient (Wildman–Crippen LogP) is 3.06. The molecule has 2 heteroatoms. The largest absolute Gasteiger partial charge is 0.399 e. The fourth-order valence-corrected chi connectivity index (χ4v) is 1.73. The minimum Gasteiger partial charge on any atom is -0.399 e. The van der Waals surface area contributed by atoms with Crippen molar-refractivity contribution in [3.63, 3.8) is 0 Å². The highest BCUT2D eigenvalue weighted by molar-refractivity contribution is 5.60. The Morgan fingerprint density at radius 1 is 1.40 bits per heavy atom. The number of anilines is 2. The maximum atomic E-state index is 5.80. The zero-order valence-corrected chi connectivity index (χ0v) is 10.2. The molecule has 0 aliphatic rings. The molecule has 1 atom stereocenters. The molecule has 0 heterocycles. The van der Waals surface area contributed by atoms with Gasteiger partial charge in [0.1, 0.15) is 0 Å². The minimum atomic E-state index is 0.718. The van der Waals surface area contributed by atoms with E-state index in [0.29, 0.717) is 0 Å². The van der Waals surface area contributed by atoms with Crippen LogP contribution < -0.4 is 10.6 Å². The number of nitrogen functional groups attached to an aromatic ring is 1. The van der Waals surface area contributed by atoms with Crippen molar-refractivity contribution < 1.29 is 0 Å². The molecule has 2 N–H and O–H groups in total. The molecule has 0 amide bonds. The summed E-state index contributed by atoms with van der Waals surface area (Å²) in [7, 11) is 2.13. The molecule has 0 fully saturated rings. The molecule has 1 aromatic rings. The summed E-state index contributed by atoms with van der Waals surface area (Å²) in [6.07, 6.45) is 1.21. The van der Waals surface area contributed by atoms with Crippen LogP contribution in [0.1, 0.15) is 25.8 Å². The van der Waals surface area contributed by atoms with Gasteiger partial charge in [0.15, 0.2) is 0 Å². The van der Waals surface area contributed by atoms with Crippen molar-refractivity contribution in [2.24, 2.45) is 5.92 Å². The smallest absolute Gasteiger partial charge is 0.0414 e. The third-order valence-corrected chi connectivity index (χ3v) is 2.93. The number of hydrogen-bond acceptors (Lipinski definition) is 2. The molecule has 84 valence electrons. The molecule has 0 aliphatic heterocycles. The van der Waals surface area contributed by atoms with Crippen LogP contribution in [0.5, 0.6) is 0 Å². The van der Waals surface area contributed by atoms with E-state index in [1.807, 2.05) is 6.07 Å². The number of nitrogens with zero attached hydrogens (tertiary/aromatic N) is 1. The lowest BCUT2D eigenvalue weighted by Gasteiger charge is -2.24. The van der Waals surface area contributed by atoms with Crippen LogP contribution in [0.15, 0.2) is 18.2 Å². The minimum absolute atomic E-state index is 0.718. The van der Waals surface area contributed by atoms with Gasteiger partial charge in [0.05, 0.1) is 0 Å². The molecule has 0 spiro atoms. The van der Waals surface area contributed by atoms with Crippen molar-refractivity contribution >= 4 is 11.4 Å². The van der Waals surface area contributed by atoms with E-state index in [1.54, 1.807) is 0 Å². The van der Waals surface area contributed by atoms with Gasteiger partial charge in [-0.05, 0) is 30.5 Å². The van der Waals surface area contributed by atoms with Gasteiger partial charge in [-0.2, -0.15) is 0 Å². The average Bonchev–Trinajstić information content (AvgIpc) is 2.21. The van der Waals surface area contributed by atoms with Crippen molar-refractivity contribution in [1.82, 2.24) is 0 Å². The van der Waals surface area contributed by atoms with Gasteiger partial charge in [-0.3, -0.25) is 0 Å². The van der Waals surface area contributed by atoms with E-state index < -0.39 is 0 Å². The second-order valence-corrected chi connectivity index (χ2v) is 4.44. The van der Waals surface area contributed by atoms with E-state index in [1.165, 1.54) is 17.7 Å². The Bertz CT molecular complexity index is 320. The summed E-state index contributed by atoms with van der Waals surface area (Å²) in [5, 5.41) is 0. The van der Waals surface area contributed by atoms with Crippen molar-refractivity contribution in [2.45, 2.75) is 27.2 Å². The van der Waals surface area contributed by atoms with Crippen LogP contribution in [0.4, 0.5) is 11.4 Å². The Kier molecular flexibility index (Phi) is 4.01. The van der Waals surface area contributed by atoms with Crippen LogP contribution in [-0.4, -0.2) is 13.6 Å². The lowest BCUT2D eigenvalue weighted by molar-refractivity contribution is 0.559. The summed E-state index contributed by atoms with van der Waals surface area (Å²) >= 11 is 0. The molecule has 2 nitrogen and oxygen atoms in total. The Labute approximate surface area is 93.1 Å². The first-order valence-corrected chi connectivity index (χ1v) is 5.61. The van der Waals surface area contributed by atoms with Crippen molar-refractivity contribution in [3.05, 3.63) is 23.8 Å². The Balaban J connectivity index is 2.80. The fourth-order valence-electron chi connectivity index (χ4n) is 1.73. The van der Waals surface area contributed by atoms with Gasteiger partial charge in [-0.15, -0.1) is 0 Å². The first-order valence-electron chi connectivity index (χ1n) is 5.61. The van der Waals surface area contributed by atoms with Crippen LogP contribution in [0.3, 0.4) is 0 Å². The van der Waals surface area contributed by atoms with E-state index >= 15 is 0 Å². The van der Waals surface area contributed by atoms with Gasteiger partial charge < -0.3 is 10.6 Å². The molecule has 1 aromatic carbocycles. The van der Waals surface area contributed by atoms with Gasteiger partial charge in [0, 0.05) is 25.0 Å². The quantitative estimate of drug-likeness (QED) is 0.767. The van der Waals surface area contributed by atoms with E-state index in [4.69, 9.17) is 5.73 Å². The third-order valence-electron chi connectivity index (χ3n) is 2.93. The molecule has 15 heavy (non-hydrogen) atoms. The van der Waals surface area contributed by atoms with E-state index in [-0.39, 0.29) is 0 Å². The summed E-state index contributed by atoms with van der Waals surface area (Å²) in [6.45, 7) is 7.71. The molecular weight excluding hydrogens is 184 g/mol. The maximum absolute atomic E-state index is 5.80. The zero-order chi connectivity index (χ0) is 11.4. The Morgan fingerprint density at radius 3 is 2.67 bits per heavy atom. The standard InChI is InChI=1S/C13H22N2/c1-5-10(2)9-15(4)13-8-12(14)7-6-11(13)3/h6-8,10H,5,9,14H2,1-4H3. The summed E-state index contributed by atoms with van der Waals surface area (Å²) < 4.78 is 0. The molecular formula is C13H22N2. The first kappa shape index (κ1) is 11.9. The Morgan fingerprint density at radius 2 is 2.07 bits per heavy atom. The number of rotatable bonds is 4. The van der Waals surface area contributed by atoms with Crippen LogP contribution >= 0.6 is 0 Å². The van der Waals surface area contributed by atoms with Crippen molar-refractivity contribution in [2.75, 3.05) is 24.2 Å². The average molecular weight is 206 g/mol. The molecule has 0 aliphatic carbocycles. The second-order valence-electron chi connectivity index (χ2n) is 4.44. The Hall–Kier alpha value is -1.18. The monoisotopic (exact) mass is 206 g/mol. The molecule has 0 aromatic heterocycles. The van der Waals surface area contributed by atoms with Gasteiger partial charge in [-0.1, -0.05) is 26.3 Å². The highest BCUT2D eigenvalue weighted by atomic mass is 15.1. The second kappa shape index (κ2) is 5.06. The summed E-state index contributed by atoms with van der Waals surface area (Å²) in [4.78, 5) is 2.29. The highest BCUT2D eigenvalue weighted by Crippen LogP contribution is 2.22. The van der Waals surface area contributed by atoms with Gasteiger partial charge in [0.2, 0.25) is 0 Å². The lowest BCUT2D eigenvalue weighted by atomic mass is 10.1. The van der Waals surface area contributed by atoms with Crippen LogP contribution in [0.2, 0.25) is 0 Å². The summed E-state index contributed by atoms with van der Waals surface area (Å²) in [6, 6.07) is 6.09. The van der Waals surface area contributed by atoms with Crippen molar-refractivity contribution in [1.29, 1.82) is 0 Å². The summed E-state index contributed by atoms with van der Waals surface area (Å²) in [5.41, 5.74) is 9.17. The molecule has 1 rings (SSSR count). The third kappa shape index (κ3) is 3.15. The SMILES string of the molecule is CCC(C)CN(C)c1cc(N)ccc1C. The molecule has 0 saturated heterocycles. The highest BCUT2D eigenvalue weighted by Gasteiger charge is 2.08. The van der Waals surface area contributed by atoms with Crippen LogP contribution in [0, 0.1) is 12.8 Å². The molecule has 0 bridgehead atoms. The summed E-state index contributed by atoms with van der Waals surface area (Å²) in [5.74, 6) is 0.718. The topological polar surface area (TPSA) is 29.3 Å². The van der Waals surface area contributed by atoms with Gasteiger partial charge >= 0.3 is 0 Å². The van der Waals surface area contributed by atoms with Crippen LogP contribution in [0.25, 0.3) is 0 Å². The lowest BCUT2D eigenvalue weighted by Crippen LogP contribution is -2.24. The van der Waals surface area contributed by atoms with E-state index in [0.717, 1.165) is 18.2 Å².